The van der Waals surface area contributed by atoms with Gasteiger partial charge in [-0.3, -0.25) is 4.79 Å². The molecule has 4 heteroatoms. The molecule has 1 atom stereocenters. The third kappa shape index (κ3) is 2.84. The van der Waals surface area contributed by atoms with Crippen LogP contribution in [0.25, 0.3) is 0 Å². The third-order valence-corrected chi connectivity index (χ3v) is 4.08. The Kier molecular flexibility index (Phi) is 4.42. The second-order valence-corrected chi connectivity index (χ2v) is 5.52. The summed E-state index contributed by atoms with van der Waals surface area (Å²) in [4.78, 5) is 14.5. The first kappa shape index (κ1) is 14.6. The SMILES string of the molecule is CCC1CN(C(=O)c2cc(C)ccc2C)CC/C1=N\O. The lowest BCUT2D eigenvalue weighted by atomic mass is 9.92. The molecule has 1 heterocycles. The van der Waals surface area contributed by atoms with Crippen molar-refractivity contribution in [3.8, 4) is 0 Å². The minimum absolute atomic E-state index is 0.0849. The Hall–Kier alpha value is -1.84. The maximum atomic E-state index is 12.7. The van der Waals surface area contributed by atoms with E-state index in [1.165, 1.54) is 0 Å². The summed E-state index contributed by atoms with van der Waals surface area (Å²) in [6.45, 7) is 7.29. The molecule has 1 aromatic rings. The summed E-state index contributed by atoms with van der Waals surface area (Å²) in [5, 5.41) is 12.4. The van der Waals surface area contributed by atoms with Gasteiger partial charge < -0.3 is 10.1 Å². The summed E-state index contributed by atoms with van der Waals surface area (Å²) in [5.74, 6) is 0.254. The van der Waals surface area contributed by atoms with Crippen LogP contribution in [0, 0.1) is 19.8 Å². The molecule has 2 rings (SSSR count). The van der Waals surface area contributed by atoms with Crippen LogP contribution in [0.5, 0.6) is 0 Å². The first-order valence-electron chi connectivity index (χ1n) is 7.14. The molecule has 0 aliphatic carbocycles. The van der Waals surface area contributed by atoms with E-state index in [1.54, 1.807) is 0 Å². The zero-order chi connectivity index (χ0) is 14.7. The van der Waals surface area contributed by atoms with Gasteiger partial charge >= 0.3 is 0 Å². The Bertz CT molecular complexity index is 537. The van der Waals surface area contributed by atoms with Crippen LogP contribution >= 0.6 is 0 Å². The number of nitrogens with zero attached hydrogens (tertiary/aromatic N) is 2. The van der Waals surface area contributed by atoms with E-state index >= 15 is 0 Å². The summed E-state index contributed by atoms with van der Waals surface area (Å²) >= 11 is 0. The molecule has 0 bridgehead atoms. The number of carbonyl (C=O) groups is 1. The minimum Gasteiger partial charge on any atom is -0.411 e. The number of carbonyl (C=O) groups excluding carboxylic acids is 1. The minimum atomic E-state index is 0.0849. The first-order chi connectivity index (χ1) is 9.56. The van der Waals surface area contributed by atoms with Gasteiger partial charge in [-0.05, 0) is 31.9 Å². The van der Waals surface area contributed by atoms with E-state index in [0.717, 1.165) is 28.8 Å². The number of hydrogen-bond donors (Lipinski definition) is 1. The van der Waals surface area contributed by atoms with E-state index < -0.39 is 0 Å². The number of aryl methyl sites for hydroxylation is 2. The summed E-state index contributed by atoms with van der Waals surface area (Å²) in [6, 6.07) is 5.96. The highest BCUT2D eigenvalue weighted by atomic mass is 16.4. The summed E-state index contributed by atoms with van der Waals surface area (Å²) < 4.78 is 0. The highest BCUT2D eigenvalue weighted by Crippen LogP contribution is 2.21. The Balaban J connectivity index is 2.20. The number of rotatable bonds is 2. The van der Waals surface area contributed by atoms with Crippen molar-refractivity contribution in [2.45, 2.75) is 33.6 Å². The lowest BCUT2D eigenvalue weighted by Gasteiger charge is -2.33. The molecule has 4 nitrogen and oxygen atoms in total. The van der Waals surface area contributed by atoms with E-state index in [0.29, 0.717) is 19.5 Å². The van der Waals surface area contributed by atoms with E-state index in [9.17, 15) is 4.79 Å². The number of amides is 1. The molecule has 1 aliphatic rings. The van der Waals surface area contributed by atoms with Crippen molar-refractivity contribution in [2.75, 3.05) is 13.1 Å². The zero-order valence-corrected chi connectivity index (χ0v) is 12.4. The van der Waals surface area contributed by atoms with Gasteiger partial charge in [-0.25, -0.2) is 0 Å². The van der Waals surface area contributed by atoms with Crippen LogP contribution in [0.1, 0.15) is 41.3 Å². The van der Waals surface area contributed by atoms with Crippen molar-refractivity contribution in [1.29, 1.82) is 0 Å². The molecular weight excluding hydrogens is 252 g/mol. The van der Waals surface area contributed by atoms with Crippen LogP contribution in [0.4, 0.5) is 0 Å². The Morgan fingerprint density at radius 3 is 2.85 bits per heavy atom. The molecule has 0 aromatic heterocycles. The van der Waals surface area contributed by atoms with Gasteiger partial charge in [0.2, 0.25) is 0 Å². The van der Waals surface area contributed by atoms with Gasteiger partial charge in [0, 0.05) is 31.0 Å². The maximum Gasteiger partial charge on any atom is 0.254 e. The number of oxime groups is 1. The molecule has 0 saturated carbocycles. The van der Waals surface area contributed by atoms with Crippen LogP contribution in [0.3, 0.4) is 0 Å². The van der Waals surface area contributed by atoms with Gasteiger partial charge in [-0.2, -0.15) is 0 Å². The molecule has 1 aromatic carbocycles. The fourth-order valence-electron chi connectivity index (χ4n) is 2.73. The number of benzene rings is 1. The van der Waals surface area contributed by atoms with Crippen LogP contribution in [-0.2, 0) is 0 Å². The van der Waals surface area contributed by atoms with Crippen molar-refractivity contribution in [2.24, 2.45) is 11.1 Å². The summed E-state index contributed by atoms with van der Waals surface area (Å²) in [6.07, 6.45) is 1.54. The lowest BCUT2D eigenvalue weighted by Crippen LogP contribution is -2.44. The van der Waals surface area contributed by atoms with Crippen molar-refractivity contribution >= 4 is 11.6 Å². The number of likely N-dealkylation sites (tertiary alicyclic amines) is 1. The molecule has 1 fully saturated rings. The average molecular weight is 274 g/mol. The highest BCUT2D eigenvalue weighted by Gasteiger charge is 2.28. The number of piperidine rings is 1. The molecule has 108 valence electrons. The van der Waals surface area contributed by atoms with Crippen LogP contribution in [0.2, 0.25) is 0 Å². The predicted molar refractivity (Wildman–Crippen MR) is 79.4 cm³/mol. The smallest absolute Gasteiger partial charge is 0.254 e. The topological polar surface area (TPSA) is 52.9 Å². The Morgan fingerprint density at radius 1 is 1.45 bits per heavy atom. The number of hydrogen-bond acceptors (Lipinski definition) is 3. The molecular formula is C16H22N2O2. The standard InChI is InChI=1S/C16H22N2O2/c1-4-13-10-18(8-7-15(13)17-20)16(19)14-9-11(2)5-6-12(14)3/h5-6,9,13,20H,4,7-8,10H2,1-3H3/b17-15+. The molecule has 1 saturated heterocycles. The molecule has 0 spiro atoms. The quantitative estimate of drug-likeness (QED) is 0.666. The predicted octanol–water partition coefficient (Wildman–Crippen LogP) is 3.01. The van der Waals surface area contributed by atoms with Gasteiger partial charge in [0.1, 0.15) is 0 Å². The van der Waals surface area contributed by atoms with Gasteiger partial charge in [-0.1, -0.05) is 29.8 Å². The van der Waals surface area contributed by atoms with Gasteiger partial charge in [0.25, 0.3) is 5.91 Å². The second-order valence-electron chi connectivity index (χ2n) is 5.52. The van der Waals surface area contributed by atoms with Crippen LogP contribution in [-0.4, -0.2) is 34.8 Å². The van der Waals surface area contributed by atoms with E-state index in [4.69, 9.17) is 5.21 Å². The largest absolute Gasteiger partial charge is 0.411 e. The monoisotopic (exact) mass is 274 g/mol. The van der Waals surface area contributed by atoms with Crippen molar-refractivity contribution in [3.63, 3.8) is 0 Å². The molecule has 1 amide bonds. The van der Waals surface area contributed by atoms with Crippen molar-refractivity contribution in [3.05, 3.63) is 34.9 Å². The third-order valence-electron chi connectivity index (χ3n) is 4.08. The van der Waals surface area contributed by atoms with Gasteiger partial charge in [0.15, 0.2) is 0 Å². The molecule has 1 aliphatic heterocycles. The fourth-order valence-corrected chi connectivity index (χ4v) is 2.73. The molecule has 0 radical (unpaired) electrons. The Morgan fingerprint density at radius 2 is 2.20 bits per heavy atom. The van der Waals surface area contributed by atoms with E-state index in [-0.39, 0.29) is 11.8 Å². The molecule has 1 unspecified atom stereocenters. The second kappa shape index (κ2) is 6.07. The maximum absolute atomic E-state index is 12.7. The fraction of sp³-hybridized carbons (Fsp3) is 0.500. The van der Waals surface area contributed by atoms with E-state index in [2.05, 4.69) is 12.1 Å². The molecule has 1 N–H and O–H groups in total. The summed E-state index contributed by atoms with van der Waals surface area (Å²) in [5.41, 5.74) is 3.71. The van der Waals surface area contributed by atoms with Crippen LogP contribution in [0.15, 0.2) is 23.4 Å². The summed E-state index contributed by atoms with van der Waals surface area (Å²) in [7, 11) is 0. The average Bonchev–Trinajstić information content (AvgIpc) is 2.48. The van der Waals surface area contributed by atoms with E-state index in [1.807, 2.05) is 36.9 Å². The molecule has 20 heavy (non-hydrogen) atoms. The van der Waals surface area contributed by atoms with Gasteiger partial charge in [0.05, 0.1) is 5.71 Å². The normalized spacial score (nSPS) is 21.2. The zero-order valence-electron chi connectivity index (χ0n) is 12.4. The van der Waals surface area contributed by atoms with Crippen LogP contribution < -0.4 is 0 Å². The lowest BCUT2D eigenvalue weighted by molar-refractivity contribution is 0.0728. The van der Waals surface area contributed by atoms with Crippen molar-refractivity contribution < 1.29 is 10.0 Å². The first-order valence-corrected chi connectivity index (χ1v) is 7.14. The highest BCUT2D eigenvalue weighted by molar-refractivity contribution is 5.97. The Labute approximate surface area is 120 Å². The van der Waals surface area contributed by atoms with Gasteiger partial charge in [-0.15, -0.1) is 0 Å². The van der Waals surface area contributed by atoms with Crippen molar-refractivity contribution in [1.82, 2.24) is 4.90 Å².